The summed E-state index contributed by atoms with van der Waals surface area (Å²) in [7, 11) is 1.49. The van der Waals surface area contributed by atoms with Crippen LogP contribution >= 0.6 is 7.82 Å². The molecule has 0 aromatic heterocycles. The first kappa shape index (κ1) is 76.5. The number of carbonyl (C=O) groups is 2. The molecule has 0 spiro atoms. The van der Waals surface area contributed by atoms with Crippen molar-refractivity contribution in [3.8, 4) is 0 Å². The van der Waals surface area contributed by atoms with Crippen LogP contribution in [0.25, 0.3) is 0 Å². The molecule has 0 saturated carbocycles. The average molecular weight is 1130 g/mol. The number of allylic oxidation sites excluding steroid dienone is 11. The van der Waals surface area contributed by atoms with Crippen LogP contribution in [-0.4, -0.2) is 74.3 Å². The van der Waals surface area contributed by atoms with Gasteiger partial charge in [-0.25, -0.2) is 4.57 Å². The Bertz CT molecular complexity index is 1580. The van der Waals surface area contributed by atoms with Crippen molar-refractivity contribution in [2.45, 2.75) is 315 Å². The molecule has 0 heterocycles. The normalized spacial score (nSPS) is 14.1. The average Bonchev–Trinajstić information content (AvgIpc) is 3.41. The smallest absolute Gasteiger partial charge is 0.456 e. The zero-order chi connectivity index (χ0) is 57.9. The molecule has 0 bridgehead atoms. The number of unbranched alkanes of at least 4 members (excludes halogenated alkanes) is 34. The van der Waals surface area contributed by atoms with Crippen molar-refractivity contribution >= 4 is 19.7 Å². The monoisotopic (exact) mass is 1130 g/mol. The zero-order valence-electron chi connectivity index (χ0n) is 52.6. The molecule has 79 heavy (non-hydrogen) atoms. The summed E-state index contributed by atoms with van der Waals surface area (Å²) in [4.78, 5) is 37.8. The summed E-state index contributed by atoms with van der Waals surface area (Å²) in [6.45, 7) is 6.89. The molecule has 0 aromatic rings. The molecule has 0 aliphatic rings. The van der Waals surface area contributed by atoms with Crippen molar-refractivity contribution in [1.29, 1.82) is 0 Å². The van der Waals surface area contributed by atoms with E-state index in [1.165, 1.54) is 173 Å². The molecule has 0 aliphatic heterocycles. The van der Waals surface area contributed by atoms with E-state index in [0.717, 1.165) is 96.3 Å². The Morgan fingerprint density at radius 2 is 0.810 bits per heavy atom. The molecular weight excluding hydrogens is 1000 g/mol. The molecule has 0 aliphatic carbocycles. The highest BCUT2D eigenvalue weighted by molar-refractivity contribution is 7.47. The Morgan fingerprint density at radius 3 is 1.24 bits per heavy atom. The molecule has 0 radical (unpaired) electrons. The number of ether oxygens (including phenoxy) is 1. The molecule has 3 unspecified atom stereocenters. The zero-order valence-corrected chi connectivity index (χ0v) is 53.5. The molecule has 10 heteroatoms. The fourth-order valence-corrected chi connectivity index (χ4v) is 10.3. The van der Waals surface area contributed by atoms with Gasteiger partial charge in [-0.15, -0.1) is 0 Å². The SMILES string of the molecule is CC/C=C/C/C=C/CCCCCCCCCC(=O)NC(COP(=O)(O)OCC[N+](C)(C)C)C(/C=C\CCCCCCCCCCCC)OC(=O)CCCCCCCCCCCCCCCC/C=C\C/C=C\C/C=C\CCCCC. The highest BCUT2D eigenvalue weighted by Crippen LogP contribution is 2.43. The standard InChI is InChI=1S/C69H127N2O7P/c1-7-10-13-16-19-22-25-28-30-31-32-33-34-35-36-37-38-39-40-41-42-44-47-50-53-56-59-62-69(73)78-67(60-57-54-51-48-45-27-24-21-18-15-12-9-3)66(65-77-79(74,75)76-64-63-71(4,5)6)70-68(72)61-58-55-52-49-46-43-29-26-23-20-17-14-11-8-2/h11,14,19-20,22-23,28,30,32-33,57,60,66-67H,7-10,12-13,15-18,21,24-27,29,31,34-56,58-59,61-65H2,1-6H3,(H-,70,72,74,75)/p+1/b14-11+,22-19-,23-20+,30-28-,33-32-,60-57-. The third-order valence-corrected chi connectivity index (χ3v) is 15.6. The van der Waals surface area contributed by atoms with E-state index < -0.39 is 20.0 Å². The Balaban J connectivity index is 5.03. The van der Waals surface area contributed by atoms with E-state index in [4.69, 9.17) is 13.8 Å². The fraction of sp³-hybridized carbons (Fsp3) is 0.797. The molecule has 2 N–H and O–H groups in total. The van der Waals surface area contributed by atoms with E-state index in [-0.39, 0.29) is 31.5 Å². The number of phosphoric ester groups is 1. The van der Waals surface area contributed by atoms with Gasteiger partial charge in [-0.05, 0) is 96.0 Å². The quantitative estimate of drug-likeness (QED) is 0.0205. The van der Waals surface area contributed by atoms with Gasteiger partial charge >= 0.3 is 13.8 Å². The summed E-state index contributed by atoms with van der Waals surface area (Å²) in [5.41, 5.74) is 0. The Hall–Kier alpha value is -2.55. The van der Waals surface area contributed by atoms with Crippen LogP contribution in [0.4, 0.5) is 0 Å². The van der Waals surface area contributed by atoms with E-state index in [2.05, 4.69) is 86.8 Å². The van der Waals surface area contributed by atoms with Gasteiger partial charge in [-0.1, -0.05) is 267 Å². The number of nitrogens with zero attached hydrogens (tertiary/aromatic N) is 1. The van der Waals surface area contributed by atoms with Gasteiger partial charge in [0.1, 0.15) is 19.3 Å². The van der Waals surface area contributed by atoms with Gasteiger partial charge in [0.05, 0.1) is 33.8 Å². The first-order valence-corrected chi connectivity index (χ1v) is 34.8. The minimum atomic E-state index is -4.45. The van der Waals surface area contributed by atoms with Gasteiger partial charge in [0.15, 0.2) is 0 Å². The summed E-state index contributed by atoms with van der Waals surface area (Å²) in [6, 6.07) is -0.854. The van der Waals surface area contributed by atoms with Gasteiger partial charge in [0.2, 0.25) is 5.91 Å². The summed E-state index contributed by atoms with van der Waals surface area (Å²) >= 11 is 0. The van der Waals surface area contributed by atoms with Crippen LogP contribution in [0, 0.1) is 0 Å². The van der Waals surface area contributed by atoms with E-state index in [1.54, 1.807) is 0 Å². The van der Waals surface area contributed by atoms with Gasteiger partial charge in [0.25, 0.3) is 0 Å². The predicted octanol–water partition coefficient (Wildman–Crippen LogP) is 20.8. The van der Waals surface area contributed by atoms with Crippen LogP contribution in [0.15, 0.2) is 72.9 Å². The van der Waals surface area contributed by atoms with Crippen LogP contribution in [0.2, 0.25) is 0 Å². The van der Waals surface area contributed by atoms with Crippen molar-refractivity contribution in [1.82, 2.24) is 5.32 Å². The molecule has 3 atom stereocenters. The fourth-order valence-electron chi connectivity index (χ4n) is 9.52. The highest BCUT2D eigenvalue weighted by atomic mass is 31.2. The van der Waals surface area contributed by atoms with E-state index in [0.29, 0.717) is 17.4 Å². The Morgan fingerprint density at radius 1 is 0.456 bits per heavy atom. The van der Waals surface area contributed by atoms with Crippen LogP contribution < -0.4 is 5.32 Å². The first-order chi connectivity index (χ1) is 38.4. The summed E-state index contributed by atoms with van der Waals surface area (Å²) in [5, 5.41) is 3.05. The molecular formula is C69H128N2O7P+. The Labute approximate surface area is 489 Å². The number of esters is 1. The lowest BCUT2D eigenvalue weighted by atomic mass is 10.0. The highest BCUT2D eigenvalue weighted by Gasteiger charge is 2.30. The maximum Gasteiger partial charge on any atom is 0.472 e. The lowest BCUT2D eigenvalue weighted by Gasteiger charge is -2.27. The van der Waals surface area contributed by atoms with Gasteiger partial charge in [-0.3, -0.25) is 18.6 Å². The van der Waals surface area contributed by atoms with Crippen molar-refractivity contribution in [3.63, 3.8) is 0 Å². The largest absolute Gasteiger partial charge is 0.472 e. The number of likely N-dealkylation sites (N-methyl/N-ethyl adjacent to an activating group) is 1. The second-order valence-electron chi connectivity index (χ2n) is 23.6. The number of quaternary nitrogens is 1. The number of carbonyl (C=O) groups excluding carboxylic acids is 2. The third kappa shape index (κ3) is 59.9. The second-order valence-corrected chi connectivity index (χ2v) is 25.1. The molecule has 0 aromatic carbocycles. The number of phosphoric acid groups is 1. The lowest BCUT2D eigenvalue weighted by molar-refractivity contribution is -0.870. The van der Waals surface area contributed by atoms with Gasteiger partial charge < -0.3 is 19.4 Å². The van der Waals surface area contributed by atoms with Crippen molar-refractivity contribution in [3.05, 3.63) is 72.9 Å². The molecule has 9 nitrogen and oxygen atoms in total. The van der Waals surface area contributed by atoms with Crippen molar-refractivity contribution in [2.75, 3.05) is 40.9 Å². The minimum absolute atomic E-state index is 0.0373. The number of hydrogen-bond acceptors (Lipinski definition) is 6. The van der Waals surface area contributed by atoms with Crippen LogP contribution in [0.3, 0.4) is 0 Å². The van der Waals surface area contributed by atoms with Gasteiger partial charge in [-0.2, -0.15) is 0 Å². The maximum atomic E-state index is 13.5. The van der Waals surface area contributed by atoms with Crippen molar-refractivity contribution < 1.29 is 37.3 Å². The molecule has 0 fully saturated rings. The molecule has 0 rings (SSSR count). The number of hydrogen-bond donors (Lipinski definition) is 2. The predicted molar refractivity (Wildman–Crippen MR) is 341 cm³/mol. The number of rotatable bonds is 60. The number of nitrogens with one attached hydrogen (secondary N) is 1. The topological polar surface area (TPSA) is 111 Å². The summed E-state index contributed by atoms with van der Waals surface area (Å²) in [5.74, 6) is -0.510. The molecule has 460 valence electrons. The van der Waals surface area contributed by atoms with Crippen LogP contribution in [-0.2, 0) is 27.9 Å². The van der Waals surface area contributed by atoms with E-state index in [1.807, 2.05) is 33.3 Å². The minimum Gasteiger partial charge on any atom is -0.456 e. The molecule has 1 amide bonds. The maximum absolute atomic E-state index is 13.5. The number of amides is 1. The van der Waals surface area contributed by atoms with Gasteiger partial charge in [0, 0.05) is 12.8 Å². The van der Waals surface area contributed by atoms with Crippen molar-refractivity contribution in [2.24, 2.45) is 0 Å². The van der Waals surface area contributed by atoms with Crippen LogP contribution in [0.5, 0.6) is 0 Å². The van der Waals surface area contributed by atoms with E-state index in [9.17, 15) is 19.0 Å². The van der Waals surface area contributed by atoms with Crippen LogP contribution in [0.1, 0.15) is 303 Å². The lowest BCUT2D eigenvalue weighted by Crippen LogP contribution is -2.47. The second kappa shape index (κ2) is 58.6. The molecule has 0 saturated heterocycles. The van der Waals surface area contributed by atoms with E-state index >= 15 is 0 Å². The third-order valence-electron chi connectivity index (χ3n) is 14.6. The Kier molecular flexibility index (Phi) is 56.7. The summed E-state index contributed by atoms with van der Waals surface area (Å²) in [6.07, 6.45) is 76.3. The summed E-state index contributed by atoms with van der Waals surface area (Å²) < 4.78 is 30.7. The first-order valence-electron chi connectivity index (χ1n) is 33.3.